The molecule has 0 aromatic carbocycles. The molecule has 21 heavy (non-hydrogen) atoms. The van der Waals surface area contributed by atoms with Crippen molar-refractivity contribution in [2.24, 2.45) is 5.92 Å². The Morgan fingerprint density at radius 3 is 2.71 bits per heavy atom. The van der Waals surface area contributed by atoms with E-state index in [-0.39, 0.29) is 11.9 Å². The minimum atomic E-state index is 0.0485. The van der Waals surface area contributed by atoms with E-state index in [4.69, 9.17) is 4.74 Å². The molecule has 3 aliphatic heterocycles. The van der Waals surface area contributed by atoms with Crippen molar-refractivity contribution in [1.82, 2.24) is 15.5 Å². The van der Waals surface area contributed by atoms with Crippen molar-refractivity contribution in [2.45, 2.75) is 50.6 Å². The summed E-state index contributed by atoms with van der Waals surface area (Å²) in [4.78, 5) is 14.8. The van der Waals surface area contributed by atoms with Gasteiger partial charge in [0, 0.05) is 32.3 Å². The molecule has 5 nitrogen and oxygen atoms in total. The predicted molar refractivity (Wildman–Crippen MR) is 82.2 cm³/mol. The smallest absolute Gasteiger partial charge is 0.237 e. The zero-order chi connectivity index (χ0) is 14.5. The van der Waals surface area contributed by atoms with Crippen molar-refractivity contribution in [3.05, 3.63) is 0 Å². The highest BCUT2D eigenvalue weighted by molar-refractivity contribution is 5.82. The van der Waals surface area contributed by atoms with Crippen LogP contribution < -0.4 is 10.6 Å². The van der Waals surface area contributed by atoms with E-state index in [1.54, 1.807) is 0 Å². The number of hydrogen-bond donors (Lipinski definition) is 2. The molecule has 1 amide bonds. The molecule has 120 valence electrons. The van der Waals surface area contributed by atoms with Gasteiger partial charge < -0.3 is 20.3 Å². The van der Waals surface area contributed by atoms with Crippen LogP contribution in [0.25, 0.3) is 0 Å². The van der Waals surface area contributed by atoms with Gasteiger partial charge in [0.05, 0.1) is 12.6 Å². The number of carbonyl (C=O) groups excluding carboxylic acids is 1. The van der Waals surface area contributed by atoms with E-state index >= 15 is 0 Å². The lowest BCUT2D eigenvalue weighted by atomic mass is 10.0. The van der Waals surface area contributed by atoms with E-state index in [1.807, 2.05) is 0 Å². The molecule has 1 unspecified atom stereocenters. The maximum atomic E-state index is 12.2. The van der Waals surface area contributed by atoms with E-state index in [0.29, 0.717) is 6.04 Å². The molecular weight excluding hydrogens is 266 g/mol. The lowest BCUT2D eigenvalue weighted by molar-refractivity contribution is -0.124. The number of nitrogens with one attached hydrogen (secondary N) is 2. The Morgan fingerprint density at radius 2 is 2.05 bits per heavy atom. The third-order valence-corrected chi connectivity index (χ3v) is 5.10. The van der Waals surface area contributed by atoms with Crippen LogP contribution in [0.15, 0.2) is 0 Å². The molecule has 3 rings (SSSR count). The molecular formula is C16H29N3O2. The Bertz CT molecular complexity index is 330. The van der Waals surface area contributed by atoms with E-state index < -0.39 is 0 Å². The molecule has 0 spiro atoms. The SMILES string of the molecule is O=C(NC1CCN(CC2CCOC2)CC1)[C@H]1CCCCN1. The highest BCUT2D eigenvalue weighted by Gasteiger charge is 2.27. The molecule has 2 atom stereocenters. The average molecular weight is 295 g/mol. The molecule has 0 aromatic heterocycles. The number of piperidine rings is 2. The van der Waals surface area contributed by atoms with Crippen LogP contribution in [-0.4, -0.2) is 62.3 Å². The number of likely N-dealkylation sites (tertiary alicyclic amines) is 1. The van der Waals surface area contributed by atoms with Gasteiger partial charge in [-0.25, -0.2) is 0 Å². The third kappa shape index (κ3) is 4.41. The van der Waals surface area contributed by atoms with Gasteiger partial charge >= 0.3 is 0 Å². The van der Waals surface area contributed by atoms with Crippen LogP contribution in [0.2, 0.25) is 0 Å². The van der Waals surface area contributed by atoms with Gasteiger partial charge in [0.15, 0.2) is 0 Å². The molecule has 5 heteroatoms. The quantitative estimate of drug-likeness (QED) is 0.803. The van der Waals surface area contributed by atoms with E-state index in [9.17, 15) is 4.79 Å². The highest BCUT2D eigenvalue weighted by Crippen LogP contribution is 2.18. The number of amides is 1. The summed E-state index contributed by atoms with van der Waals surface area (Å²) in [7, 11) is 0. The van der Waals surface area contributed by atoms with Gasteiger partial charge in [0.2, 0.25) is 5.91 Å². The summed E-state index contributed by atoms with van der Waals surface area (Å²) in [6.07, 6.45) is 6.76. The van der Waals surface area contributed by atoms with E-state index in [0.717, 1.165) is 58.0 Å². The summed E-state index contributed by atoms with van der Waals surface area (Å²) in [5.41, 5.74) is 0. The topological polar surface area (TPSA) is 53.6 Å². The number of carbonyl (C=O) groups is 1. The molecule has 3 fully saturated rings. The van der Waals surface area contributed by atoms with Gasteiger partial charge in [-0.05, 0) is 44.6 Å². The fourth-order valence-electron chi connectivity index (χ4n) is 3.73. The van der Waals surface area contributed by atoms with Crippen LogP contribution in [0.3, 0.4) is 0 Å². The second kappa shape index (κ2) is 7.56. The molecule has 3 saturated heterocycles. The normalized spacial score (nSPS) is 32.2. The van der Waals surface area contributed by atoms with E-state index in [1.165, 1.54) is 25.8 Å². The summed E-state index contributed by atoms with van der Waals surface area (Å²) < 4.78 is 5.45. The molecule has 0 saturated carbocycles. The Hall–Kier alpha value is -0.650. The Morgan fingerprint density at radius 1 is 1.19 bits per heavy atom. The largest absolute Gasteiger partial charge is 0.381 e. The lowest BCUT2D eigenvalue weighted by Crippen LogP contribution is -2.52. The summed E-state index contributed by atoms with van der Waals surface area (Å²) in [5.74, 6) is 0.944. The highest BCUT2D eigenvalue weighted by atomic mass is 16.5. The molecule has 3 aliphatic rings. The Labute approximate surface area is 127 Å². The maximum Gasteiger partial charge on any atom is 0.237 e. The number of ether oxygens (including phenoxy) is 1. The van der Waals surface area contributed by atoms with Gasteiger partial charge in [-0.1, -0.05) is 6.42 Å². The van der Waals surface area contributed by atoms with Crippen molar-refractivity contribution in [3.8, 4) is 0 Å². The minimum absolute atomic E-state index is 0.0485. The first kappa shape index (κ1) is 15.3. The molecule has 2 N–H and O–H groups in total. The zero-order valence-electron chi connectivity index (χ0n) is 13.0. The fraction of sp³-hybridized carbons (Fsp3) is 0.938. The number of rotatable bonds is 4. The first-order valence-electron chi connectivity index (χ1n) is 8.65. The second-order valence-corrected chi connectivity index (χ2v) is 6.82. The molecule has 3 heterocycles. The first-order valence-corrected chi connectivity index (χ1v) is 8.65. The average Bonchev–Trinajstić information content (AvgIpc) is 3.03. The Kier molecular flexibility index (Phi) is 5.49. The van der Waals surface area contributed by atoms with Crippen molar-refractivity contribution in [2.75, 3.05) is 39.4 Å². The number of hydrogen-bond acceptors (Lipinski definition) is 4. The van der Waals surface area contributed by atoms with E-state index in [2.05, 4.69) is 15.5 Å². The van der Waals surface area contributed by atoms with Crippen LogP contribution in [0.5, 0.6) is 0 Å². The van der Waals surface area contributed by atoms with Gasteiger partial charge in [0.1, 0.15) is 0 Å². The minimum Gasteiger partial charge on any atom is -0.381 e. The molecule has 0 bridgehead atoms. The van der Waals surface area contributed by atoms with Crippen molar-refractivity contribution < 1.29 is 9.53 Å². The maximum absolute atomic E-state index is 12.2. The fourth-order valence-corrected chi connectivity index (χ4v) is 3.73. The van der Waals surface area contributed by atoms with Crippen LogP contribution in [-0.2, 0) is 9.53 Å². The standard InChI is InChI=1S/C16H29N3O2/c20-16(15-3-1-2-7-17-15)18-14-4-8-19(9-5-14)11-13-6-10-21-12-13/h13-15,17H,1-12H2,(H,18,20)/t13?,15-/m1/s1. The number of nitrogens with zero attached hydrogens (tertiary/aromatic N) is 1. The monoisotopic (exact) mass is 295 g/mol. The lowest BCUT2D eigenvalue weighted by Gasteiger charge is -2.34. The summed E-state index contributed by atoms with van der Waals surface area (Å²) in [6, 6.07) is 0.421. The summed E-state index contributed by atoms with van der Waals surface area (Å²) in [5, 5.41) is 6.58. The van der Waals surface area contributed by atoms with Gasteiger partial charge in [0.25, 0.3) is 0 Å². The van der Waals surface area contributed by atoms with Gasteiger partial charge in [-0.2, -0.15) is 0 Å². The molecule has 0 radical (unpaired) electrons. The third-order valence-electron chi connectivity index (χ3n) is 5.10. The molecule has 0 aliphatic carbocycles. The van der Waals surface area contributed by atoms with Crippen LogP contribution in [0, 0.1) is 5.92 Å². The van der Waals surface area contributed by atoms with Crippen LogP contribution >= 0.6 is 0 Å². The predicted octanol–water partition coefficient (Wildman–Crippen LogP) is 0.746. The molecule has 0 aromatic rings. The van der Waals surface area contributed by atoms with Crippen LogP contribution in [0.4, 0.5) is 0 Å². The van der Waals surface area contributed by atoms with Crippen LogP contribution in [0.1, 0.15) is 38.5 Å². The summed E-state index contributed by atoms with van der Waals surface area (Å²) in [6.45, 7) is 6.25. The van der Waals surface area contributed by atoms with Gasteiger partial charge in [-0.15, -0.1) is 0 Å². The van der Waals surface area contributed by atoms with Gasteiger partial charge in [-0.3, -0.25) is 4.79 Å². The summed E-state index contributed by atoms with van der Waals surface area (Å²) >= 11 is 0. The van der Waals surface area contributed by atoms with Crippen molar-refractivity contribution in [3.63, 3.8) is 0 Å². The van der Waals surface area contributed by atoms with Crippen molar-refractivity contribution in [1.29, 1.82) is 0 Å². The zero-order valence-corrected chi connectivity index (χ0v) is 13.0. The second-order valence-electron chi connectivity index (χ2n) is 6.82. The van der Waals surface area contributed by atoms with Crippen molar-refractivity contribution >= 4 is 5.91 Å². The first-order chi connectivity index (χ1) is 10.3. The Balaban J connectivity index is 1.35.